The number of hydrogen-bond acceptors (Lipinski definition) is 5. The SMILES string of the molecule is Cc1cc(C(=O)NC[C@H]2CCCN(C(C)C)C2)c2c(C)noc2n1. The van der Waals surface area contributed by atoms with Gasteiger partial charge in [-0.2, -0.15) is 0 Å². The summed E-state index contributed by atoms with van der Waals surface area (Å²) in [6.45, 7) is 11.1. The first-order valence-corrected chi connectivity index (χ1v) is 8.71. The zero-order chi connectivity index (χ0) is 17.3. The third-order valence-corrected chi connectivity index (χ3v) is 4.82. The molecular weight excluding hydrogens is 304 g/mol. The number of aromatic nitrogens is 2. The summed E-state index contributed by atoms with van der Waals surface area (Å²) >= 11 is 0. The second-order valence-electron chi connectivity index (χ2n) is 7.07. The van der Waals surface area contributed by atoms with Crippen LogP contribution >= 0.6 is 0 Å². The number of fused-ring (bicyclic) bond motifs is 1. The van der Waals surface area contributed by atoms with Crippen LogP contribution in [0.3, 0.4) is 0 Å². The van der Waals surface area contributed by atoms with E-state index in [1.807, 2.05) is 19.9 Å². The Morgan fingerprint density at radius 2 is 2.25 bits per heavy atom. The first kappa shape index (κ1) is 16.9. The minimum absolute atomic E-state index is 0.0709. The maximum atomic E-state index is 12.7. The molecule has 1 atom stereocenters. The van der Waals surface area contributed by atoms with Crippen LogP contribution in [0, 0.1) is 19.8 Å². The van der Waals surface area contributed by atoms with Crippen molar-refractivity contribution >= 4 is 17.0 Å². The fourth-order valence-corrected chi connectivity index (χ4v) is 3.46. The van der Waals surface area contributed by atoms with Crippen molar-refractivity contribution in [1.29, 1.82) is 0 Å². The molecule has 0 radical (unpaired) electrons. The third-order valence-electron chi connectivity index (χ3n) is 4.82. The molecule has 1 saturated heterocycles. The number of likely N-dealkylation sites (tertiary alicyclic amines) is 1. The number of carbonyl (C=O) groups excluding carboxylic acids is 1. The fourth-order valence-electron chi connectivity index (χ4n) is 3.46. The number of pyridine rings is 1. The average Bonchev–Trinajstić information content (AvgIpc) is 2.93. The Bertz CT molecular complexity index is 738. The number of amides is 1. The molecular formula is C18H26N4O2. The average molecular weight is 330 g/mol. The van der Waals surface area contributed by atoms with Gasteiger partial charge in [-0.15, -0.1) is 0 Å². The molecule has 0 saturated carbocycles. The van der Waals surface area contributed by atoms with Gasteiger partial charge in [0.25, 0.3) is 11.6 Å². The highest BCUT2D eigenvalue weighted by molar-refractivity contribution is 6.06. The van der Waals surface area contributed by atoms with Crippen molar-refractivity contribution in [2.24, 2.45) is 5.92 Å². The van der Waals surface area contributed by atoms with Crippen LogP contribution in [0.15, 0.2) is 10.6 Å². The number of hydrogen-bond donors (Lipinski definition) is 1. The number of carbonyl (C=O) groups is 1. The molecule has 2 aromatic heterocycles. The van der Waals surface area contributed by atoms with Crippen molar-refractivity contribution in [1.82, 2.24) is 20.4 Å². The molecule has 1 aliphatic heterocycles. The predicted molar refractivity (Wildman–Crippen MR) is 93.0 cm³/mol. The summed E-state index contributed by atoms with van der Waals surface area (Å²) in [7, 11) is 0. The van der Waals surface area contributed by atoms with E-state index in [0.29, 0.717) is 40.9 Å². The minimum atomic E-state index is -0.0709. The van der Waals surface area contributed by atoms with Crippen LogP contribution in [0.2, 0.25) is 0 Å². The van der Waals surface area contributed by atoms with Gasteiger partial charge in [-0.25, -0.2) is 4.98 Å². The van der Waals surface area contributed by atoms with Crippen LogP contribution in [0.5, 0.6) is 0 Å². The maximum Gasteiger partial charge on any atom is 0.258 e. The lowest BCUT2D eigenvalue weighted by Crippen LogP contribution is -2.43. The second kappa shape index (κ2) is 6.89. The van der Waals surface area contributed by atoms with Crippen molar-refractivity contribution in [2.45, 2.75) is 46.6 Å². The van der Waals surface area contributed by atoms with Crippen molar-refractivity contribution < 1.29 is 9.32 Å². The Balaban J connectivity index is 1.70. The van der Waals surface area contributed by atoms with Crippen molar-refractivity contribution in [3.05, 3.63) is 23.0 Å². The van der Waals surface area contributed by atoms with E-state index in [0.717, 1.165) is 18.8 Å². The number of piperidine rings is 1. The Kier molecular flexibility index (Phi) is 4.85. The topological polar surface area (TPSA) is 71.3 Å². The predicted octanol–water partition coefficient (Wildman–Crippen LogP) is 2.69. The first-order valence-electron chi connectivity index (χ1n) is 8.71. The molecule has 24 heavy (non-hydrogen) atoms. The lowest BCUT2D eigenvalue weighted by molar-refractivity contribution is 0.0924. The molecule has 2 aromatic rings. The highest BCUT2D eigenvalue weighted by Crippen LogP contribution is 2.22. The summed E-state index contributed by atoms with van der Waals surface area (Å²) in [5.74, 6) is 0.436. The zero-order valence-electron chi connectivity index (χ0n) is 14.9. The third kappa shape index (κ3) is 3.43. The van der Waals surface area contributed by atoms with E-state index < -0.39 is 0 Å². The van der Waals surface area contributed by atoms with Crippen LogP contribution in [0.25, 0.3) is 11.1 Å². The van der Waals surface area contributed by atoms with Gasteiger partial charge in [0.05, 0.1) is 16.6 Å². The van der Waals surface area contributed by atoms with Crippen LogP contribution < -0.4 is 5.32 Å². The van der Waals surface area contributed by atoms with Crippen LogP contribution in [-0.4, -0.2) is 46.6 Å². The van der Waals surface area contributed by atoms with Gasteiger partial charge in [-0.3, -0.25) is 4.79 Å². The van der Waals surface area contributed by atoms with Crippen molar-refractivity contribution in [3.63, 3.8) is 0 Å². The van der Waals surface area contributed by atoms with Gasteiger partial charge < -0.3 is 14.7 Å². The summed E-state index contributed by atoms with van der Waals surface area (Å²) in [5.41, 5.74) is 2.49. The van der Waals surface area contributed by atoms with E-state index in [2.05, 4.69) is 34.2 Å². The first-order chi connectivity index (χ1) is 11.5. The molecule has 3 heterocycles. The van der Waals surface area contributed by atoms with Crippen molar-refractivity contribution in [2.75, 3.05) is 19.6 Å². The normalized spacial score (nSPS) is 19.1. The largest absolute Gasteiger partial charge is 0.352 e. The van der Waals surface area contributed by atoms with Crippen LogP contribution in [0.4, 0.5) is 0 Å². The van der Waals surface area contributed by atoms with Crippen LogP contribution in [-0.2, 0) is 0 Å². The molecule has 1 N–H and O–H groups in total. The summed E-state index contributed by atoms with van der Waals surface area (Å²) in [6.07, 6.45) is 2.36. The number of nitrogens with one attached hydrogen (secondary N) is 1. The Hall–Kier alpha value is -1.95. The molecule has 0 spiro atoms. The standard InChI is InChI=1S/C18H26N4O2/c1-11(2)22-7-5-6-14(10-22)9-19-17(23)15-8-12(3)20-18-16(15)13(4)21-24-18/h8,11,14H,5-7,9-10H2,1-4H3,(H,19,23)/t14-/m1/s1. The van der Waals surface area contributed by atoms with Gasteiger partial charge in [-0.1, -0.05) is 5.16 Å². The molecule has 1 amide bonds. The number of aryl methyl sites for hydroxylation is 2. The Labute approximate surface area is 142 Å². The molecule has 0 bridgehead atoms. The summed E-state index contributed by atoms with van der Waals surface area (Å²) in [6, 6.07) is 2.37. The van der Waals surface area contributed by atoms with E-state index >= 15 is 0 Å². The quantitative estimate of drug-likeness (QED) is 0.933. The van der Waals surface area contributed by atoms with Crippen molar-refractivity contribution in [3.8, 4) is 0 Å². The summed E-state index contributed by atoms with van der Waals surface area (Å²) < 4.78 is 5.21. The van der Waals surface area contributed by atoms with Gasteiger partial charge in [0.2, 0.25) is 0 Å². The molecule has 3 rings (SSSR count). The lowest BCUT2D eigenvalue weighted by atomic mass is 9.97. The maximum absolute atomic E-state index is 12.7. The zero-order valence-corrected chi connectivity index (χ0v) is 14.9. The van der Waals surface area contributed by atoms with E-state index in [4.69, 9.17) is 4.52 Å². The molecule has 1 aliphatic rings. The minimum Gasteiger partial charge on any atom is -0.352 e. The fraction of sp³-hybridized carbons (Fsp3) is 0.611. The van der Waals surface area contributed by atoms with Gasteiger partial charge in [0.15, 0.2) is 0 Å². The molecule has 130 valence electrons. The second-order valence-corrected chi connectivity index (χ2v) is 7.07. The molecule has 6 nitrogen and oxygen atoms in total. The monoisotopic (exact) mass is 330 g/mol. The molecule has 0 aromatic carbocycles. The van der Waals surface area contributed by atoms with Crippen LogP contribution in [0.1, 0.15) is 48.4 Å². The number of nitrogens with zero attached hydrogens (tertiary/aromatic N) is 3. The number of rotatable bonds is 4. The highest BCUT2D eigenvalue weighted by atomic mass is 16.5. The Morgan fingerprint density at radius 1 is 1.46 bits per heavy atom. The molecule has 0 unspecified atom stereocenters. The molecule has 1 fully saturated rings. The lowest BCUT2D eigenvalue weighted by Gasteiger charge is -2.35. The summed E-state index contributed by atoms with van der Waals surface area (Å²) in [4.78, 5) is 19.5. The van der Waals surface area contributed by atoms with Gasteiger partial charge in [0.1, 0.15) is 0 Å². The van der Waals surface area contributed by atoms with Gasteiger partial charge >= 0.3 is 0 Å². The van der Waals surface area contributed by atoms with E-state index in [1.54, 1.807) is 0 Å². The van der Waals surface area contributed by atoms with E-state index in [9.17, 15) is 4.79 Å². The smallest absolute Gasteiger partial charge is 0.258 e. The van der Waals surface area contributed by atoms with E-state index in [1.165, 1.54) is 12.8 Å². The highest BCUT2D eigenvalue weighted by Gasteiger charge is 2.23. The molecule has 6 heteroatoms. The Morgan fingerprint density at radius 3 is 3.00 bits per heavy atom. The van der Waals surface area contributed by atoms with Gasteiger partial charge in [0, 0.05) is 24.8 Å². The van der Waals surface area contributed by atoms with Gasteiger partial charge in [-0.05, 0) is 59.1 Å². The van der Waals surface area contributed by atoms with E-state index in [-0.39, 0.29) is 5.91 Å². The molecule has 0 aliphatic carbocycles. The summed E-state index contributed by atoms with van der Waals surface area (Å²) in [5, 5.41) is 7.75.